The molecule has 6 nitrogen and oxygen atoms in total. The van der Waals surface area contributed by atoms with Crippen LogP contribution in [0.4, 0.5) is 5.69 Å². The molecule has 1 heterocycles. The third kappa shape index (κ3) is 1.84. The molecule has 14 heavy (non-hydrogen) atoms. The smallest absolute Gasteiger partial charge is 0.305 e. The normalized spacial score (nSPS) is 11.8. The highest BCUT2D eigenvalue weighted by Gasteiger charge is 2.16. The van der Waals surface area contributed by atoms with Gasteiger partial charge in [0.1, 0.15) is 6.07 Å². The van der Waals surface area contributed by atoms with Gasteiger partial charge in [-0.15, -0.1) is 0 Å². The topological polar surface area (TPSA) is 106 Å². The molecule has 0 spiro atoms. The molecule has 0 saturated carbocycles. The van der Waals surface area contributed by atoms with Crippen molar-refractivity contribution in [2.75, 3.05) is 0 Å². The first-order valence-electron chi connectivity index (χ1n) is 3.86. The first kappa shape index (κ1) is 10.1. The van der Waals surface area contributed by atoms with Gasteiger partial charge in [0.2, 0.25) is 5.69 Å². The lowest BCUT2D eigenvalue weighted by molar-refractivity contribution is -0.385. The van der Waals surface area contributed by atoms with Crippen LogP contribution < -0.4 is 5.73 Å². The van der Waals surface area contributed by atoms with E-state index in [0.29, 0.717) is 5.56 Å². The first-order chi connectivity index (χ1) is 6.56. The van der Waals surface area contributed by atoms with Crippen LogP contribution in [0.3, 0.4) is 0 Å². The Hall–Kier alpha value is -2.00. The third-order valence-electron chi connectivity index (χ3n) is 1.72. The van der Waals surface area contributed by atoms with Crippen molar-refractivity contribution in [1.29, 1.82) is 5.26 Å². The maximum absolute atomic E-state index is 10.5. The summed E-state index contributed by atoms with van der Waals surface area (Å²) in [5.74, 6) is 0. The van der Waals surface area contributed by atoms with E-state index in [4.69, 9.17) is 11.0 Å². The number of hydrogen-bond acceptors (Lipinski definition) is 5. The number of rotatable bonds is 2. The van der Waals surface area contributed by atoms with Crippen molar-refractivity contribution < 1.29 is 4.92 Å². The van der Waals surface area contributed by atoms with Crippen LogP contribution in [-0.4, -0.2) is 9.91 Å². The minimum Gasteiger partial charge on any atom is -0.324 e. The van der Waals surface area contributed by atoms with Gasteiger partial charge >= 0.3 is 5.69 Å². The van der Waals surface area contributed by atoms with Crippen molar-refractivity contribution >= 4 is 5.69 Å². The molecule has 0 radical (unpaired) electrons. The zero-order valence-electron chi connectivity index (χ0n) is 7.47. The highest BCUT2D eigenvalue weighted by molar-refractivity contribution is 5.45. The Labute approximate surface area is 80.1 Å². The summed E-state index contributed by atoms with van der Waals surface area (Å²) in [5.41, 5.74) is 5.57. The van der Waals surface area contributed by atoms with Crippen molar-refractivity contribution in [2.24, 2.45) is 5.73 Å². The van der Waals surface area contributed by atoms with Gasteiger partial charge in [-0.2, -0.15) is 5.26 Å². The van der Waals surface area contributed by atoms with Gasteiger partial charge in [-0.05, 0) is 12.5 Å². The van der Waals surface area contributed by atoms with Gasteiger partial charge in [-0.1, -0.05) is 0 Å². The number of aromatic nitrogens is 1. The van der Waals surface area contributed by atoms with Crippen LogP contribution in [0.5, 0.6) is 0 Å². The molecule has 1 rings (SSSR count). The molecule has 0 saturated heterocycles. The molecule has 0 aliphatic heterocycles. The summed E-state index contributed by atoms with van der Waals surface area (Å²) in [4.78, 5) is 13.5. The van der Waals surface area contributed by atoms with E-state index in [1.807, 2.05) is 0 Å². The molecular formula is C8H8N4O2. The Morgan fingerprint density at radius 1 is 1.79 bits per heavy atom. The molecule has 2 N–H and O–H groups in total. The zero-order chi connectivity index (χ0) is 10.7. The van der Waals surface area contributed by atoms with Crippen LogP contribution in [0.25, 0.3) is 0 Å². The summed E-state index contributed by atoms with van der Waals surface area (Å²) < 4.78 is 0. The molecule has 0 amide bonds. The number of hydrogen-bond donors (Lipinski definition) is 1. The van der Waals surface area contributed by atoms with Crippen LogP contribution in [-0.2, 0) is 0 Å². The number of nitro groups is 1. The van der Waals surface area contributed by atoms with Gasteiger partial charge in [0.15, 0.2) is 0 Å². The SMILES string of the molecule is CC(N)c1cnc(C#N)c([N+](=O)[O-])c1. The minimum absolute atomic E-state index is 0.195. The molecule has 0 aromatic carbocycles. The van der Waals surface area contributed by atoms with E-state index in [9.17, 15) is 10.1 Å². The first-order valence-corrected chi connectivity index (χ1v) is 3.86. The van der Waals surface area contributed by atoms with Crippen LogP contribution in [0.2, 0.25) is 0 Å². The molecule has 1 aromatic rings. The Morgan fingerprint density at radius 3 is 2.86 bits per heavy atom. The fraction of sp³-hybridized carbons (Fsp3) is 0.250. The van der Waals surface area contributed by atoms with Crippen molar-refractivity contribution in [3.63, 3.8) is 0 Å². The lowest BCUT2D eigenvalue weighted by Crippen LogP contribution is -2.07. The lowest BCUT2D eigenvalue weighted by atomic mass is 10.1. The maximum Gasteiger partial charge on any atom is 0.305 e. The van der Waals surface area contributed by atoms with E-state index >= 15 is 0 Å². The van der Waals surface area contributed by atoms with Crippen LogP contribution in [0.1, 0.15) is 24.2 Å². The highest BCUT2D eigenvalue weighted by atomic mass is 16.6. The molecule has 0 fully saturated rings. The van der Waals surface area contributed by atoms with E-state index in [2.05, 4.69) is 4.98 Å². The molecule has 72 valence electrons. The van der Waals surface area contributed by atoms with Crippen molar-refractivity contribution in [2.45, 2.75) is 13.0 Å². The van der Waals surface area contributed by atoms with Gasteiger partial charge in [-0.3, -0.25) is 10.1 Å². The number of pyridine rings is 1. The van der Waals surface area contributed by atoms with E-state index in [0.717, 1.165) is 0 Å². The Morgan fingerprint density at radius 2 is 2.43 bits per heavy atom. The number of nitriles is 1. The van der Waals surface area contributed by atoms with E-state index in [-0.39, 0.29) is 17.4 Å². The van der Waals surface area contributed by atoms with Crippen molar-refractivity contribution in [3.8, 4) is 6.07 Å². The Kier molecular flexibility index (Phi) is 2.74. The Balaban J connectivity index is 3.30. The quantitative estimate of drug-likeness (QED) is 0.553. The molecular weight excluding hydrogens is 184 g/mol. The van der Waals surface area contributed by atoms with Gasteiger partial charge < -0.3 is 5.73 Å². The fourth-order valence-corrected chi connectivity index (χ4v) is 0.943. The van der Waals surface area contributed by atoms with Gasteiger partial charge in [0, 0.05) is 18.3 Å². The lowest BCUT2D eigenvalue weighted by Gasteiger charge is -2.03. The second-order valence-electron chi connectivity index (χ2n) is 2.79. The molecule has 0 bridgehead atoms. The van der Waals surface area contributed by atoms with Crippen LogP contribution in [0.15, 0.2) is 12.3 Å². The summed E-state index contributed by atoms with van der Waals surface area (Å²) in [6.07, 6.45) is 1.37. The van der Waals surface area contributed by atoms with Gasteiger partial charge in [0.05, 0.1) is 4.92 Å². The second-order valence-corrected chi connectivity index (χ2v) is 2.79. The van der Waals surface area contributed by atoms with Gasteiger partial charge in [-0.25, -0.2) is 4.98 Å². The van der Waals surface area contributed by atoms with Crippen LogP contribution >= 0.6 is 0 Å². The predicted molar refractivity (Wildman–Crippen MR) is 48.2 cm³/mol. The summed E-state index contributed by atoms with van der Waals surface area (Å²) in [5, 5.41) is 19.1. The molecule has 1 atom stereocenters. The van der Waals surface area contributed by atoms with Crippen molar-refractivity contribution in [1.82, 2.24) is 4.98 Å². The van der Waals surface area contributed by atoms with Crippen molar-refractivity contribution in [3.05, 3.63) is 33.6 Å². The standard InChI is InChI=1S/C8H8N4O2/c1-5(10)6-2-8(12(13)14)7(3-9)11-4-6/h2,4-5H,10H2,1H3. The molecule has 0 aliphatic rings. The average Bonchev–Trinajstić information content (AvgIpc) is 2.16. The Bertz CT molecular complexity index is 408. The third-order valence-corrected chi connectivity index (χ3v) is 1.72. The summed E-state index contributed by atoms with van der Waals surface area (Å²) in [6.45, 7) is 1.69. The number of nitrogens with zero attached hydrogens (tertiary/aromatic N) is 3. The largest absolute Gasteiger partial charge is 0.324 e. The molecule has 1 unspecified atom stereocenters. The summed E-state index contributed by atoms with van der Waals surface area (Å²) >= 11 is 0. The summed E-state index contributed by atoms with van der Waals surface area (Å²) in [7, 11) is 0. The fourth-order valence-electron chi connectivity index (χ4n) is 0.943. The summed E-state index contributed by atoms with van der Waals surface area (Å²) in [6, 6.07) is 2.58. The average molecular weight is 192 g/mol. The maximum atomic E-state index is 10.5. The molecule has 6 heteroatoms. The molecule has 0 aliphatic carbocycles. The minimum atomic E-state index is -0.641. The van der Waals surface area contributed by atoms with E-state index in [1.165, 1.54) is 12.3 Å². The predicted octanol–water partition coefficient (Wildman–Crippen LogP) is 0.881. The highest BCUT2D eigenvalue weighted by Crippen LogP contribution is 2.19. The second kappa shape index (κ2) is 3.81. The number of nitrogens with two attached hydrogens (primary N) is 1. The van der Waals surface area contributed by atoms with Gasteiger partial charge in [0.25, 0.3) is 0 Å². The zero-order valence-corrected chi connectivity index (χ0v) is 7.47. The monoisotopic (exact) mass is 192 g/mol. The van der Waals surface area contributed by atoms with Crippen LogP contribution in [0, 0.1) is 21.4 Å². The van der Waals surface area contributed by atoms with E-state index < -0.39 is 4.92 Å². The molecule has 1 aromatic heterocycles. The van der Waals surface area contributed by atoms with E-state index in [1.54, 1.807) is 13.0 Å².